The van der Waals surface area contributed by atoms with Crippen molar-refractivity contribution in [2.45, 2.75) is 24.5 Å². The second-order valence-electron chi connectivity index (χ2n) is 5.60. The molecule has 0 fully saturated rings. The Labute approximate surface area is 157 Å². The number of nitrogens with one attached hydrogen (secondary N) is 1. The van der Waals surface area contributed by atoms with E-state index in [0.29, 0.717) is 11.3 Å². The molecule has 0 unspecified atom stereocenters. The Morgan fingerprint density at radius 1 is 1.11 bits per heavy atom. The van der Waals surface area contributed by atoms with Crippen molar-refractivity contribution in [2.75, 3.05) is 14.2 Å². The van der Waals surface area contributed by atoms with Crippen LogP contribution in [0.3, 0.4) is 0 Å². The summed E-state index contributed by atoms with van der Waals surface area (Å²) in [5.41, 5.74) is 0.409. The fourth-order valence-electron chi connectivity index (χ4n) is 2.18. The average Bonchev–Trinajstić information content (AvgIpc) is 2.65. The van der Waals surface area contributed by atoms with Gasteiger partial charge in [-0.05, 0) is 48.9 Å². The van der Waals surface area contributed by atoms with Crippen LogP contribution in [0.5, 0.6) is 11.5 Å². The number of esters is 1. The number of hydrogen-bond acceptors (Lipinski definition) is 6. The molecular formula is C18H20FNO6S. The molecule has 0 aliphatic rings. The van der Waals surface area contributed by atoms with Gasteiger partial charge in [0.25, 0.3) is 0 Å². The van der Waals surface area contributed by atoms with Crippen LogP contribution in [0.1, 0.15) is 12.5 Å². The molecule has 0 aromatic heterocycles. The van der Waals surface area contributed by atoms with E-state index in [1.54, 1.807) is 6.07 Å². The van der Waals surface area contributed by atoms with Gasteiger partial charge in [-0.1, -0.05) is 6.07 Å². The maximum Gasteiger partial charge on any atom is 0.324 e. The van der Waals surface area contributed by atoms with E-state index in [2.05, 4.69) is 4.72 Å². The number of carbonyl (C=O) groups is 1. The molecular weight excluding hydrogens is 377 g/mol. The Morgan fingerprint density at radius 3 is 2.33 bits per heavy atom. The maximum absolute atomic E-state index is 13.6. The lowest BCUT2D eigenvalue weighted by molar-refractivity contribution is -0.146. The summed E-state index contributed by atoms with van der Waals surface area (Å²) in [6.07, 6.45) is 0. The van der Waals surface area contributed by atoms with Gasteiger partial charge < -0.3 is 14.2 Å². The van der Waals surface area contributed by atoms with Crippen LogP contribution in [0, 0.1) is 5.82 Å². The summed E-state index contributed by atoms with van der Waals surface area (Å²) in [4.78, 5) is 12.0. The minimum absolute atomic E-state index is 0.0137. The van der Waals surface area contributed by atoms with Crippen LogP contribution in [-0.4, -0.2) is 34.6 Å². The van der Waals surface area contributed by atoms with Crippen LogP contribution in [0.2, 0.25) is 0 Å². The molecule has 9 heteroatoms. The quantitative estimate of drug-likeness (QED) is 0.687. The topological polar surface area (TPSA) is 90.9 Å². The van der Waals surface area contributed by atoms with Gasteiger partial charge in [0.15, 0.2) is 11.6 Å². The van der Waals surface area contributed by atoms with E-state index < -0.39 is 27.9 Å². The maximum atomic E-state index is 13.6. The number of hydrogen-bond donors (Lipinski definition) is 1. The first-order chi connectivity index (χ1) is 12.8. The average molecular weight is 397 g/mol. The second kappa shape index (κ2) is 8.83. The lowest BCUT2D eigenvalue weighted by Crippen LogP contribution is -2.39. The van der Waals surface area contributed by atoms with Crippen LogP contribution in [-0.2, 0) is 26.2 Å². The number of sulfonamides is 1. The van der Waals surface area contributed by atoms with Gasteiger partial charge in [0.2, 0.25) is 10.0 Å². The third-order valence-corrected chi connectivity index (χ3v) is 5.21. The summed E-state index contributed by atoms with van der Waals surface area (Å²) < 4.78 is 55.3. The molecule has 2 aromatic carbocycles. The minimum Gasteiger partial charge on any atom is -0.497 e. The molecule has 0 aliphatic heterocycles. The fourth-order valence-corrected chi connectivity index (χ4v) is 3.38. The number of rotatable bonds is 8. The Morgan fingerprint density at radius 2 is 1.78 bits per heavy atom. The fraction of sp³-hybridized carbons (Fsp3) is 0.278. The van der Waals surface area contributed by atoms with Gasteiger partial charge in [0.1, 0.15) is 18.4 Å². The summed E-state index contributed by atoms with van der Waals surface area (Å²) >= 11 is 0. The standard InChI is InChI=1S/C18H20FNO6S/c1-12(20-27(22,23)15-7-5-14(24-2)6-8-15)18(21)26-11-13-4-9-17(25-3)16(19)10-13/h4-10,12,20H,11H2,1-3H3/t12-/m0/s1. The van der Waals surface area contributed by atoms with Crippen LogP contribution < -0.4 is 14.2 Å². The van der Waals surface area contributed by atoms with E-state index >= 15 is 0 Å². The van der Waals surface area contributed by atoms with E-state index in [4.69, 9.17) is 14.2 Å². The van der Waals surface area contributed by atoms with E-state index in [-0.39, 0.29) is 17.3 Å². The number of carbonyl (C=O) groups excluding carboxylic acids is 1. The van der Waals surface area contributed by atoms with Crippen molar-refractivity contribution in [3.8, 4) is 11.5 Å². The summed E-state index contributed by atoms with van der Waals surface area (Å²) in [6, 6.07) is 8.72. The molecule has 27 heavy (non-hydrogen) atoms. The van der Waals surface area contributed by atoms with Crippen molar-refractivity contribution < 1.29 is 31.8 Å². The smallest absolute Gasteiger partial charge is 0.324 e. The predicted octanol–water partition coefficient (Wildman–Crippen LogP) is 2.25. The van der Waals surface area contributed by atoms with E-state index in [0.717, 1.165) is 0 Å². The largest absolute Gasteiger partial charge is 0.497 e. The number of ether oxygens (including phenoxy) is 3. The van der Waals surface area contributed by atoms with E-state index in [1.807, 2.05) is 0 Å². The highest BCUT2D eigenvalue weighted by molar-refractivity contribution is 7.89. The third-order valence-electron chi connectivity index (χ3n) is 3.65. The van der Waals surface area contributed by atoms with Crippen molar-refractivity contribution in [3.63, 3.8) is 0 Å². The summed E-state index contributed by atoms with van der Waals surface area (Å²) in [5, 5.41) is 0. The summed E-state index contributed by atoms with van der Waals surface area (Å²) in [7, 11) is -1.10. The molecule has 0 radical (unpaired) electrons. The number of methoxy groups -OCH3 is 2. The molecule has 0 saturated heterocycles. The first kappa shape index (κ1) is 20.7. The molecule has 0 amide bonds. The molecule has 1 atom stereocenters. The Bertz CT molecular complexity index is 899. The highest BCUT2D eigenvalue weighted by atomic mass is 32.2. The molecule has 1 N–H and O–H groups in total. The molecule has 0 saturated carbocycles. The van der Waals surface area contributed by atoms with Gasteiger partial charge in [-0.2, -0.15) is 4.72 Å². The normalized spacial score (nSPS) is 12.3. The van der Waals surface area contributed by atoms with Crippen LogP contribution in [0.25, 0.3) is 0 Å². The lowest BCUT2D eigenvalue weighted by Gasteiger charge is -2.14. The first-order valence-electron chi connectivity index (χ1n) is 7.92. The zero-order valence-electron chi connectivity index (χ0n) is 15.1. The van der Waals surface area contributed by atoms with Gasteiger partial charge in [0, 0.05) is 0 Å². The van der Waals surface area contributed by atoms with E-state index in [1.165, 1.54) is 57.5 Å². The third kappa shape index (κ3) is 5.41. The Balaban J connectivity index is 1.96. The van der Waals surface area contributed by atoms with Crippen LogP contribution in [0.4, 0.5) is 4.39 Å². The predicted molar refractivity (Wildman–Crippen MR) is 95.5 cm³/mol. The monoisotopic (exact) mass is 397 g/mol. The van der Waals surface area contributed by atoms with E-state index in [9.17, 15) is 17.6 Å². The molecule has 7 nitrogen and oxygen atoms in total. The van der Waals surface area contributed by atoms with Crippen molar-refractivity contribution in [1.82, 2.24) is 4.72 Å². The number of benzene rings is 2. The summed E-state index contributed by atoms with van der Waals surface area (Å²) in [5.74, 6) is -0.790. The van der Waals surface area contributed by atoms with Gasteiger partial charge >= 0.3 is 5.97 Å². The molecule has 0 spiro atoms. The van der Waals surface area contributed by atoms with Crippen molar-refractivity contribution in [1.29, 1.82) is 0 Å². The van der Waals surface area contributed by atoms with Gasteiger partial charge in [-0.3, -0.25) is 4.79 Å². The second-order valence-corrected chi connectivity index (χ2v) is 7.31. The van der Waals surface area contributed by atoms with Crippen molar-refractivity contribution >= 4 is 16.0 Å². The lowest BCUT2D eigenvalue weighted by atomic mass is 10.2. The number of halogens is 1. The molecule has 0 aliphatic carbocycles. The molecule has 146 valence electrons. The molecule has 0 heterocycles. The van der Waals surface area contributed by atoms with Crippen LogP contribution >= 0.6 is 0 Å². The van der Waals surface area contributed by atoms with Gasteiger partial charge in [0.05, 0.1) is 19.1 Å². The highest BCUT2D eigenvalue weighted by Gasteiger charge is 2.23. The minimum atomic E-state index is -3.91. The zero-order valence-corrected chi connectivity index (χ0v) is 15.9. The first-order valence-corrected chi connectivity index (χ1v) is 9.40. The zero-order chi connectivity index (χ0) is 20.0. The van der Waals surface area contributed by atoms with Crippen molar-refractivity contribution in [2.24, 2.45) is 0 Å². The Kier molecular flexibility index (Phi) is 6.75. The summed E-state index contributed by atoms with van der Waals surface area (Å²) in [6.45, 7) is 1.16. The highest BCUT2D eigenvalue weighted by Crippen LogP contribution is 2.18. The molecule has 2 rings (SSSR count). The van der Waals surface area contributed by atoms with Gasteiger partial charge in [-0.25, -0.2) is 12.8 Å². The van der Waals surface area contributed by atoms with Gasteiger partial charge in [-0.15, -0.1) is 0 Å². The molecule has 0 bridgehead atoms. The Hall–Kier alpha value is -2.65. The molecule has 2 aromatic rings. The van der Waals surface area contributed by atoms with Crippen molar-refractivity contribution in [3.05, 3.63) is 53.8 Å². The SMILES string of the molecule is COc1ccc(S(=O)(=O)N[C@@H](C)C(=O)OCc2ccc(OC)c(F)c2)cc1. The van der Waals surface area contributed by atoms with Crippen LogP contribution in [0.15, 0.2) is 47.4 Å².